The standard InChI is InChI=1S/C17H16N4O3S/c1-2-24-13(22)11-25-17-20-15-14(18-8-9-19-15)16(23)21(17)10-12-6-4-3-5-7-12/h3-9H,2,10-11H2,1H3. The minimum Gasteiger partial charge on any atom is -0.465 e. The fourth-order valence-electron chi connectivity index (χ4n) is 2.27. The molecule has 0 aliphatic heterocycles. The van der Waals surface area contributed by atoms with Gasteiger partial charge in [0.2, 0.25) is 0 Å². The number of benzene rings is 1. The Morgan fingerprint density at radius 3 is 2.72 bits per heavy atom. The number of rotatable bonds is 6. The number of hydrogen-bond donors (Lipinski definition) is 0. The Balaban J connectivity index is 2.01. The van der Waals surface area contributed by atoms with Crippen molar-refractivity contribution in [2.75, 3.05) is 12.4 Å². The minimum absolute atomic E-state index is 0.0703. The summed E-state index contributed by atoms with van der Waals surface area (Å²) in [4.78, 5) is 37.1. The summed E-state index contributed by atoms with van der Waals surface area (Å²) in [5.74, 6) is -0.284. The highest BCUT2D eigenvalue weighted by atomic mass is 32.2. The zero-order chi connectivity index (χ0) is 17.6. The van der Waals surface area contributed by atoms with E-state index in [1.807, 2.05) is 30.3 Å². The third kappa shape index (κ3) is 4.03. The first-order chi connectivity index (χ1) is 12.2. The molecule has 0 unspecified atom stereocenters. The van der Waals surface area contributed by atoms with E-state index < -0.39 is 0 Å². The number of carbonyl (C=O) groups excluding carboxylic acids is 1. The van der Waals surface area contributed by atoms with Crippen LogP contribution in [0.2, 0.25) is 0 Å². The van der Waals surface area contributed by atoms with E-state index in [1.54, 1.807) is 6.92 Å². The molecule has 1 aromatic carbocycles. The number of nitrogens with zero attached hydrogens (tertiary/aromatic N) is 4. The molecule has 0 amide bonds. The van der Waals surface area contributed by atoms with Gasteiger partial charge in [0.05, 0.1) is 18.9 Å². The van der Waals surface area contributed by atoms with Gasteiger partial charge in [0.1, 0.15) is 0 Å². The van der Waals surface area contributed by atoms with E-state index in [1.165, 1.54) is 17.0 Å². The van der Waals surface area contributed by atoms with Gasteiger partial charge in [0.25, 0.3) is 5.56 Å². The minimum atomic E-state index is -0.354. The number of esters is 1. The molecule has 25 heavy (non-hydrogen) atoms. The summed E-state index contributed by atoms with van der Waals surface area (Å²) in [5, 5.41) is 0.412. The molecule has 3 rings (SSSR count). The molecule has 0 saturated carbocycles. The third-order valence-corrected chi connectivity index (χ3v) is 4.32. The molecular weight excluding hydrogens is 340 g/mol. The van der Waals surface area contributed by atoms with Crippen molar-refractivity contribution >= 4 is 28.9 Å². The maximum Gasteiger partial charge on any atom is 0.316 e. The van der Waals surface area contributed by atoms with E-state index in [2.05, 4.69) is 15.0 Å². The molecule has 0 bridgehead atoms. The largest absolute Gasteiger partial charge is 0.465 e. The van der Waals surface area contributed by atoms with E-state index in [0.717, 1.165) is 17.3 Å². The van der Waals surface area contributed by atoms with Crippen LogP contribution in [0.15, 0.2) is 52.7 Å². The fourth-order valence-corrected chi connectivity index (χ4v) is 3.06. The first-order valence-electron chi connectivity index (χ1n) is 7.73. The highest BCUT2D eigenvalue weighted by molar-refractivity contribution is 7.99. The predicted octanol–water partition coefficient (Wildman–Crippen LogP) is 1.89. The van der Waals surface area contributed by atoms with Crippen molar-refractivity contribution in [1.29, 1.82) is 0 Å². The average Bonchev–Trinajstić information content (AvgIpc) is 2.64. The topological polar surface area (TPSA) is 87.0 Å². The van der Waals surface area contributed by atoms with Gasteiger partial charge in [0, 0.05) is 12.4 Å². The molecule has 0 aliphatic carbocycles. The molecule has 2 heterocycles. The van der Waals surface area contributed by atoms with Crippen LogP contribution in [0.3, 0.4) is 0 Å². The van der Waals surface area contributed by atoms with Crippen LogP contribution in [-0.2, 0) is 16.1 Å². The lowest BCUT2D eigenvalue weighted by atomic mass is 10.2. The third-order valence-electron chi connectivity index (χ3n) is 3.37. The number of hydrogen-bond acceptors (Lipinski definition) is 7. The second-order valence-electron chi connectivity index (χ2n) is 5.09. The highest BCUT2D eigenvalue weighted by Gasteiger charge is 2.15. The van der Waals surface area contributed by atoms with Gasteiger partial charge in [-0.15, -0.1) is 0 Å². The molecule has 0 spiro atoms. The van der Waals surface area contributed by atoms with Crippen molar-refractivity contribution in [3.8, 4) is 0 Å². The smallest absolute Gasteiger partial charge is 0.316 e. The number of thioether (sulfide) groups is 1. The molecule has 0 fully saturated rings. The molecule has 0 N–H and O–H groups in total. The number of ether oxygens (including phenoxy) is 1. The van der Waals surface area contributed by atoms with Gasteiger partial charge in [-0.3, -0.25) is 14.2 Å². The average molecular weight is 356 g/mol. The summed E-state index contributed by atoms with van der Waals surface area (Å²) in [6.45, 7) is 2.40. The maximum absolute atomic E-state index is 12.8. The van der Waals surface area contributed by atoms with Crippen LogP contribution in [0.5, 0.6) is 0 Å². The van der Waals surface area contributed by atoms with Crippen LogP contribution in [0.1, 0.15) is 12.5 Å². The molecule has 0 atom stereocenters. The molecular formula is C17H16N4O3S. The number of carbonyl (C=O) groups is 1. The molecule has 8 heteroatoms. The van der Waals surface area contributed by atoms with Gasteiger partial charge in [-0.05, 0) is 12.5 Å². The Morgan fingerprint density at radius 1 is 1.20 bits per heavy atom. The van der Waals surface area contributed by atoms with E-state index >= 15 is 0 Å². The summed E-state index contributed by atoms with van der Waals surface area (Å²) in [5.41, 5.74) is 1.14. The van der Waals surface area contributed by atoms with Crippen LogP contribution in [-0.4, -0.2) is 37.8 Å². The van der Waals surface area contributed by atoms with Gasteiger partial charge >= 0.3 is 5.97 Å². The second kappa shape index (κ2) is 7.89. The van der Waals surface area contributed by atoms with Crippen LogP contribution in [0.25, 0.3) is 11.2 Å². The summed E-state index contributed by atoms with van der Waals surface area (Å²) in [7, 11) is 0. The van der Waals surface area contributed by atoms with Gasteiger partial charge in [0.15, 0.2) is 16.3 Å². The Bertz CT molecular complexity index is 944. The summed E-state index contributed by atoms with van der Waals surface area (Å²) >= 11 is 1.15. The molecule has 128 valence electrons. The first-order valence-corrected chi connectivity index (χ1v) is 8.71. The molecule has 0 radical (unpaired) electrons. The van der Waals surface area contributed by atoms with Gasteiger partial charge < -0.3 is 4.74 Å². The van der Waals surface area contributed by atoms with Crippen LogP contribution in [0, 0.1) is 0 Å². The summed E-state index contributed by atoms with van der Waals surface area (Å²) in [6, 6.07) is 9.56. The zero-order valence-corrected chi connectivity index (χ0v) is 14.4. The Hall–Kier alpha value is -2.74. The van der Waals surface area contributed by atoms with Crippen molar-refractivity contribution in [1.82, 2.24) is 19.5 Å². The van der Waals surface area contributed by atoms with E-state index in [4.69, 9.17) is 4.74 Å². The van der Waals surface area contributed by atoms with Crippen molar-refractivity contribution < 1.29 is 9.53 Å². The van der Waals surface area contributed by atoms with Gasteiger partial charge in [-0.2, -0.15) is 0 Å². The molecule has 3 aromatic rings. The van der Waals surface area contributed by atoms with Crippen LogP contribution < -0.4 is 5.56 Å². The monoisotopic (exact) mass is 356 g/mol. The maximum atomic E-state index is 12.8. The Labute approximate surface area is 148 Å². The number of fused-ring (bicyclic) bond motifs is 1. The van der Waals surface area contributed by atoms with Crippen molar-refractivity contribution in [2.45, 2.75) is 18.6 Å². The molecule has 0 aliphatic rings. The lowest BCUT2D eigenvalue weighted by molar-refractivity contribution is -0.139. The zero-order valence-electron chi connectivity index (χ0n) is 13.6. The first kappa shape index (κ1) is 17.1. The normalized spacial score (nSPS) is 10.8. The predicted molar refractivity (Wildman–Crippen MR) is 94.5 cm³/mol. The summed E-state index contributed by atoms with van der Waals surface area (Å²) < 4.78 is 6.45. The summed E-state index contributed by atoms with van der Waals surface area (Å²) in [6.07, 6.45) is 2.94. The quantitative estimate of drug-likeness (QED) is 0.379. The van der Waals surface area contributed by atoms with Crippen LogP contribution >= 0.6 is 11.8 Å². The fraction of sp³-hybridized carbons (Fsp3) is 0.235. The Kier molecular flexibility index (Phi) is 5.39. The SMILES string of the molecule is CCOC(=O)CSc1nc2nccnc2c(=O)n1Cc1ccccc1. The van der Waals surface area contributed by atoms with E-state index in [9.17, 15) is 9.59 Å². The van der Waals surface area contributed by atoms with Crippen LogP contribution in [0.4, 0.5) is 0 Å². The molecule has 7 nitrogen and oxygen atoms in total. The van der Waals surface area contributed by atoms with Crippen molar-refractivity contribution in [3.63, 3.8) is 0 Å². The van der Waals surface area contributed by atoms with Gasteiger partial charge in [-0.1, -0.05) is 42.1 Å². The highest BCUT2D eigenvalue weighted by Crippen LogP contribution is 2.17. The number of aromatic nitrogens is 4. The molecule has 2 aromatic heterocycles. The van der Waals surface area contributed by atoms with Gasteiger partial charge in [-0.25, -0.2) is 15.0 Å². The Morgan fingerprint density at radius 2 is 1.96 bits per heavy atom. The van der Waals surface area contributed by atoms with Crippen molar-refractivity contribution in [2.24, 2.45) is 0 Å². The lowest BCUT2D eigenvalue weighted by Gasteiger charge is -2.12. The van der Waals surface area contributed by atoms with E-state index in [-0.39, 0.29) is 28.4 Å². The lowest BCUT2D eigenvalue weighted by Crippen LogP contribution is -2.25. The van der Waals surface area contributed by atoms with E-state index in [0.29, 0.717) is 18.3 Å². The van der Waals surface area contributed by atoms with Crippen molar-refractivity contribution in [3.05, 3.63) is 58.6 Å². The molecule has 0 saturated heterocycles. The second-order valence-corrected chi connectivity index (χ2v) is 6.04.